The Balaban J connectivity index is 1.96. The predicted octanol–water partition coefficient (Wildman–Crippen LogP) is 2.14. The zero-order chi connectivity index (χ0) is 14.0. The predicted molar refractivity (Wildman–Crippen MR) is 72.2 cm³/mol. The number of amides is 2. The van der Waals surface area contributed by atoms with E-state index in [2.05, 4.69) is 11.9 Å². The van der Waals surface area contributed by atoms with Crippen molar-refractivity contribution >= 4 is 6.03 Å². The van der Waals surface area contributed by atoms with Crippen molar-refractivity contribution in [1.82, 2.24) is 10.2 Å². The maximum atomic E-state index is 11.9. The summed E-state index contributed by atoms with van der Waals surface area (Å²) in [5, 5.41) is 2.70. The fraction of sp³-hybridized carbons (Fsp3) is 0.500. The van der Waals surface area contributed by atoms with Gasteiger partial charge in [-0.2, -0.15) is 0 Å². The summed E-state index contributed by atoms with van der Waals surface area (Å²) >= 11 is 0. The van der Waals surface area contributed by atoms with Crippen LogP contribution in [0.1, 0.15) is 20.8 Å². The molecule has 2 aliphatic heterocycles. The van der Waals surface area contributed by atoms with Gasteiger partial charge in [-0.05, 0) is 32.4 Å². The third-order valence-corrected chi connectivity index (χ3v) is 2.97. The number of hydrogen-bond acceptors (Lipinski definition) is 3. The van der Waals surface area contributed by atoms with Crippen molar-refractivity contribution in [3.05, 3.63) is 36.2 Å². The molecule has 0 bridgehead atoms. The van der Waals surface area contributed by atoms with Crippen LogP contribution in [-0.2, 0) is 9.47 Å². The number of nitrogens with zero attached hydrogens (tertiary/aromatic N) is 1. The summed E-state index contributed by atoms with van der Waals surface area (Å²) < 4.78 is 11.3. The zero-order valence-electron chi connectivity index (χ0n) is 11.6. The number of carbonyl (C=O) groups is 1. The van der Waals surface area contributed by atoms with Gasteiger partial charge in [0, 0.05) is 11.9 Å². The zero-order valence-corrected chi connectivity index (χ0v) is 11.6. The Kier molecular flexibility index (Phi) is 4.07. The van der Waals surface area contributed by atoms with Gasteiger partial charge in [0.1, 0.15) is 6.10 Å². The summed E-state index contributed by atoms with van der Waals surface area (Å²) in [6.45, 7) is 10.1. The number of nitrogens with one attached hydrogen (secondary N) is 1. The first kappa shape index (κ1) is 13.8. The molecular formula is C14H20N2O3. The summed E-state index contributed by atoms with van der Waals surface area (Å²) in [7, 11) is 0. The SMILES string of the molecule is C=C1NC(=O)N([C@H]2C=C[C@@H](COC(C)C)O2)C=C1C. The van der Waals surface area contributed by atoms with Crippen LogP contribution >= 0.6 is 0 Å². The summed E-state index contributed by atoms with van der Waals surface area (Å²) in [4.78, 5) is 13.4. The lowest BCUT2D eigenvalue weighted by molar-refractivity contribution is -0.0514. The summed E-state index contributed by atoms with van der Waals surface area (Å²) in [5.41, 5.74) is 1.54. The van der Waals surface area contributed by atoms with Crippen LogP contribution in [-0.4, -0.2) is 36.0 Å². The van der Waals surface area contributed by atoms with Crippen LogP contribution in [0, 0.1) is 0 Å². The molecule has 5 heteroatoms. The molecule has 2 aliphatic rings. The maximum Gasteiger partial charge on any atom is 0.328 e. The topological polar surface area (TPSA) is 50.8 Å². The molecule has 5 nitrogen and oxygen atoms in total. The average Bonchev–Trinajstić information content (AvgIpc) is 2.80. The van der Waals surface area contributed by atoms with Gasteiger partial charge in [-0.3, -0.25) is 4.90 Å². The minimum Gasteiger partial charge on any atom is -0.376 e. The van der Waals surface area contributed by atoms with Gasteiger partial charge in [0.05, 0.1) is 12.7 Å². The highest BCUT2D eigenvalue weighted by Crippen LogP contribution is 2.21. The number of hydrogen-bond donors (Lipinski definition) is 1. The molecule has 0 aromatic heterocycles. The molecule has 2 atom stereocenters. The lowest BCUT2D eigenvalue weighted by atomic mass is 10.2. The smallest absolute Gasteiger partial charge is 0.328 e. The molecule has 0 aromatic rings. The first-order valence-electron chi connectivity index (χ1n) is 6.40. The van der Waals surface area contributed by atoms with Crippen LogP contribution in [0.2, 0.25) is 0 Å². The van der Waals surface area contributed by atoms with Crippen molar-refractivity contribution < 1.29 is 14.3 Å². The van der Waals surface area contributed by atoms with E-state index >= 15 is 0 Å². The van der Waals surface area contributed by atoms with Gasteiger partial charge in [0.25, 0.3) is 0 Å². The second-order valence-corrected chi connectivity index (χ2v) is 4.96. The van der Waals surface area contributed by atoms with Gasteiger partial charge in [-0.25, -0.2) is 4.79 Å². The van der Waals surface area contributed by atoms with Gasteiger partial charge in [0.2, 0.25) is 0 Å². The normalized spacial score (nSPS) is 26.9. The first-order chi connectivity index (χ1) is 8.97. The van der Waals surface area contributed by atoms with E-state index in [0.29, 0.717) is 12.3 Å². The van der Waals surface area contributed by atoms with E-state index in [9.17, 15) is 4.79 Å². The van der Waals surface area contributed by atoms with Crippen molar-refractivity contribution in [3.8, 4) is 0 Å². The monoisotopic (exact) mass is 264 g/mol. The first-order valence-corrected chi connectivity index (χ1v) is 6.40. The highest BCUT2D eigenvalue weighted by molar-refractivity contribution is 5.80. The number of allylic oxidation sites excluding steroid dienone is 1. The van der Waals surface area contributed by atoms with Gasteiger partial charge in [-0.15, -0.1) is 0 Å². The van der Waals surface area contributed by atoms with Crippen molar-refractivity contribution in [3.63, 3.8) is 0 Å². The Labute approximate surface area is 113 Å². The fourth-order valence-corrected chi connectivity index (χ4v) is 1.86. The Bertz CT molecular complexity index is 440. The maximum absolute atomic E-state index is 11.9. The fourth-order valence-electron chi connectivity index (χ4n) is 1.86. The molecule has 1 N–H and O–H groups in total. The molecule has 0 fully saturated rings. The third kappa shape index (κ3) is 3.24. The molecule has 0 saturated carbocycles. The summed E-state index contributed by atoms with van der Waals surface area (Å²) in [6, 6.07) is -0.226. The Morgan fingerprint density at radius 3 is 2.95 bits per heavy atom. The molecule has 2 amide bonds. The molecule has 2 rings (SSSR count). The van der Waals surface area contributed by atoms with E-state index in [1.165, 1.54) is 4.90 Å². The second kappa shape index (κ2) is 5.59. The molecular weight excluding hydrogens is 244 g/mol. The van der Waals surface area contributed by atoms with Gasteiger partial charge in [0.15, 0.2) is 6.23 Å². The van der Waals surface area contributed by atoms with Crippen LogP contribution in [0.4, 0.5) is 4.79 Å². The van der Waals surface area contributed by atoms with Gasteiger partial charge >= 0.3 is 6.03 Å². The van der Waals surface area contributed by atoms with E-state index in [4.69, 9.17) is 9.47 Å². The van der Waals surface area contributed by atoms with Crippen molar-refractivity contribution in [2.24, 2.45) is 0 Å². The van der Waals surface area contributed by atoms with Gasteiger partial charge < -0.3 is 14.8 Å². The quantitative estimate of drug-likeness (QED) is 0.791. The second-order valence-electron chi connectivity index (χ2n) is 4.96. The highest BCUT2D eigenvalue weighted by Gasteiger charge is 2.30. The molecule has 0 spiro atoms. The number of rotatable bonds is 4. The van der Waals surface area contributed by atoms with Crippen molar-refractivity contribution in [1.29, 1.82) is 0 Å². The standard InChI is InChI=1S/C14H20N2O3/c1-9(2)18-8-12-5-6-13(19-12)16-7-10(3)11(4)15-14(16)17/h5-7,9,12-13H,4,8H2,1-3H3,(H,15,17)/t12-,13+/m0/s1. The molecule has 104 valence electrons. The molecule has 0 radical (unpaired) electrons. The molecule has 0 aliphatic carbocycles. The van der Waals surface area contributed by atoms with Crippen LogP contribution in [0.15, 0.2) is 36.2 Å². The van der Waals surface area contributed by atoms with E-state index in [1.54, 1.807) is 6.20 Å². The van der Waals surface area contributed by atoms with Crippen molar-refractivity contribution in [2.75, 3.05) is 6.61 Å². The number of carbonyl (C=O) groups excluding carboxylic acids is 1. The Morgan fingerprint density at radius 1 is 1.53 bits per heavy atom. The summed E-state index contributed by atoms with van der Waals surface area (Å²) in [6.07, 6.45) is 5.21. The number of urea groups is 1. The van der Waals surface area contributed by atoms with Crippen LogP contribution in [0.5, 0.6) is 0 Å². The van der Waals surface area contributed by atoms with Gasteiger partial charge in [-0.1, -0.05) is 12.7 Å². The van der Waals surface area contributed by atoms with E-state index in [0.717, 1.165) is 5.57 Å². The molecule has 2 heterocycles. The van der Waals surface area contributed by atoms with E-state index in [1.807, 2.05) is 32.9 Å². The molecule has 0 saturated heterocycles. The van der Waals surface area contributed by atoms with Crippen LogP contribution in [0.3, 0.4) is 0 Å². The van der Waals surface area contributed by atoms with Crippen molar-refractivity contribution in [2.45, 2.75) is 39.2 Å². The van der Waals surface area contributed by atoms with E-state index in [-0.39, 0.29) is 24.5 Å². The van der Waals surface area contributed by atoms with E-state index < -0.39 is 0 Å². The highest BCUT2D eigenvalue weighted by atomic mass is 16.6. The largest absolute Gasteiger partial charge is 0.376 e. The van der Waals surface area contributed by atoms with Crippen LogP contribution < -0.4 is 5.32 Å². The Morgan fingerprint density at radius 2 is 2.26 bits per heavy atom. The third-order valence-electron chi connectivity index (χ3n) is 2.97. The Hall–Kier alpha value is -1.59. The lowest BCUT2D eigenvalue weighted by Gasteiger charge is -2.30. The summed E-state index contributed by atoms with van der Waals surface area (Å²) in [5.74, 6) is 0. The molecule has 0 unspecified atom stereocenters. The minimum atomic E-state index is -0.385. The number of ether oxygens (including phenoxy) is 2. The molecule has 19 heavy (non-hydrogen) atoms. The average molecular weight is 264 g/mol. The lowest BCUT2D eigenvalue weighted by Crippen LogP contribution is -2.45. The van der Waals surface area contributed by atoms with Crippen LogP contribution in [0.25, 0.3) is 0 Å². The molecule has 0 aromatic carbocycles. The minimum absolute atomic E-state index is 0.112.